The molecule has 140 valence electrons. The molecule has 5 nitrogen and oxygen atoms in total. The van der Waals surface area contributed by atoms with E-state index in [2.05, 4.69) is 5.32 Å². The SMILES string of the molecule is CCN(CC)S(=O)(=O)c1cc(C(=O)Nc2cc(C)ccc2F)ccc1F. The van der Waals surface area contributed by atoms with Crippen LogP contribution in [0.25, 0.3) is 0 Å². The first-order valence-corrected chi connectivity index (χ1v) is 9.51. The van der Waals surface area contributed by atoms with Crippen LogP contribution in [0.2, 0.25) is 0 Å². The normalized spacial score (nSPS) is 11.6. The molecule has 8 heteroatoms. The number of nitrogens with zero attached hydrogens (tertiary/aromatic N) is 1. The number of halogens is 2. The molecule has 0 aliphatic carbocycles. The minimum absolute atomic E-state index is 0.0347. The number of hydrogen-bond donors (Lipinski definition) is 1. The number of amides is 1. The molecule has 2 rings (SSSR count). The third-order valence-corrected chi connectivity index (χ3v) is 5.95. The van der Waals surface area contributed by atoms with E-state index in [1.165, 1.54) is 12.1 Å². The molecule has 0 aliphatic heterocycles. The highest BCUT2D eigenvalue weighted by molar-refractivity contribution is 7.89. The number of rotatable bonds is 6. The van der Waals surface area contributed by atoms with Gasteiger partial charge in [-0.15, -0.1) is 0 Å². The van der Waals surface area contributed by atoms with E-state index >= 15 is 0 Å². The van der Waals surface area contributed by atoms with Gasteiger partial charge in [0.1, 0.15) is 16.5 Å². The fraction of sp³-hybridized carbons (Fsp3) is 0.278. The van der Waals surface area contributed by atoms with Crippen molar-refractivity contribution in [3.05, 3.63) is 59.2 Å². The Morgan fingerprint density at radius 2 is 1.65 bits per heavy atom. The maximum atomic E-state index is 14.1. The standard InChI is InChI=1S/C18H20F2N2O3S/c1-4-22(5-2)26(24,25)17-11-13(7-9-15(17)20)18(23)21-16-10-12(3)6-8-14(16)19/h6-11H,4-5H2,1-3H3,(H,21,23). The quantitative estimate of drug-likeness (QED) is 0.831. The monoisotopic (exact) mass is 382 g/mol. The summed E-state index contributed by atoms with van der Waals surface area (Å²) in [7, 11) is -4.07. The summed E-state index contributed by atoms with van der Waals surface area (Å²) in [5.74, 6) is -2.30. The predicted octanol–water partition coefficient (Wildman–Crippen LogP) is 3.56. The molecule has 0 aromatic heterocycles. The van der Waals surface area contributed by atoms with Gasteiger partial charge in [0.05, 0.1) is 5.69 Å². The van der Waals surface area contributed by atoms with Crippen molar-refractivity contribution in [2.75, 3.05) is 18.4 Å². The molecular weight excluding hydrogens is 362 g/mol. The molecule has 0 saturated heterocycles. The molecule has 0 unspecified atom stereocenters. The molecule has 2 aromatic carbocycles. The van der Waals surface area contributed by atoms with E-state index in [4.69, 9.17) is 0 Å². The Morgan fingerprint density at radius 1 is 1.04 bits per heavy atom. The van der Waals surface area contributed by atoms with Crippen LogP contribution in [-0.4, -0.2) is 31.7 Å². The Hall–Kier alpha value is -2.32. The summed E-state index contributed by atoms with van der Waals surface area (Å²) in [5.41, 5.74) is 0.621. The maximum absolute atomic E-state index is 14.1. The second kappa shape index (κ2) is 7.92. The zero-order valence-electron chi connectivity index (χ0n) is 14.7. The number of carbonyl (C=O) groups is 1. The average molecular weight is 382 g/mol. The Balaban J connectivity index is 2.40. The van der Waals surface area contributed by atoms with Gasteiger partial charge in [-0.05, 0) is 42.8 Å². The van der Waals surface area contributed by atoms with Crippen molar-refractivity contribution in [3.8, 4) is 0 Å². The van der Waals surface area contributed by atoms with Gasteiger partial charge in [0.15, 0.2) is 0 Å². The fourth-order valence-electron chi connectivity index (χ4n) is 2.47. The zero-order valence-corrected chi connectivity index (χ0v) is 15.5. The van der Waals surface area contributed by atoms with Crippen molar-refractivity contribution >= 4 is 21.6 Å². The van der Waals surface area contributed by atoms with Gasteiger partial charge in [-0.3, -0.25) is 4.79 Å². The van der Waals surface area contributed by atoms with Crippen molar-refractivity contribution in [3.63, 3.8) is 0 Å². The molecule has 2 aromatic rings. The molecular formula is C18H20F2N2O3S. The molecule has 1 N–H and O–H groups in total. The van der Waals surface area contributed by atoms with Gasteiger partial charge in [-0.25, -0.2) is 17.2 Å². The van der Waals surface area contributed by atoms with Gasteiger partial charge in [0.2, 0.25) is 10.0 Å². The third-order valence-electron chi connectivity index (χ3n) is 3.89. The van der Waals surface area contributed by atoms with E-state index in [1.54, 1.807) is 26.8 Å². The zero-order chi connectivity index (χ0) is 19.5. The van der Waals surface area contributed by atoms with Crippen LogP contribution in [0, 0.1) is 18.6 Å². The van der Waals surface area contributed by atoms with E-state index in [9.17, 15) is 22.0 Å². The molecule has 26 heavy (non-hydrogen) atoms. The molecule has 0 atom stereocenters. The number of carbonyl (C=O) groups excluding carboxylic acids is 1. The molecule has 0 heterocycles. The van der Waals surface area contributed by atoms with Crippen LogP contribution in [0.3, 0.4) is 0 Å². The minimum atomic E-state index is -4.07. The molecule has 0 radical (unpaired) electrons. The molecule has 1 amide bonds. The highest BCUT2D eigenvalue weighted by Crippen LogP contribution is 2.22. The van der Waals surface area contributed by atoms with Crippen LogP contribution >= 0.6 is 0 Å². The van der Waals surface area contributed by atoms with E-state index in [0.717, 1.165) is 28.1 Å². The highest BCUT2D eigenvalue weighted by Gasteiger charge is 2.26. The molecule has 0 spiro atoms. The number of anilines is 1. The van der Waals surface area contributed by atoms with Crippen molar-refractivity contribution in [1.29, 1.82) is 0 Å². The van der Waals surface area contributed by atoms with Crippen LogP contribution < -0.4 is 5.32 Å². The molecule has 0 fully saturated rings. The van der Waals surface area contributed by atoms with Gasteiger partial charge in [-0.2, -0.15) is 4.31 Å². The second-order valence-corrected chi connectivity index (χ2v) is 7.58. The van der Waals surface area contributed by atoms with Gasteiger partial charge in [-0.1, -0.05) is 19.9 Å². The van der Waals surface area contributed by atoms with Crippen molar-refractivity contribution in [2.45, 2.75) is 25.7 Å². The third kappa shape index (κ3) is 4.08. The summed E-state index contributed by atoms with van der Waals surface area (Å²) in [6.07, 6.45) is 0. The molecule has 0 aliphatic rings. The first-order chi connectivity index (χ1) is 12.2. The summed E-state index contributed by atoms with van der Waals surface area (Å²) in [6, 6.07) is 7.25. The first kappa shape index (κ1) is 20.0. The average Bonchev–Trinajstić information content (AvgIpc) is 2.59. The summed E-state index contributed by atoms with van der Waals surface area (Å²) < 4.78 is 54.1. The lowest BCUT2D eigenvalue weighted by Gasteiger charge is -2.19. The van der Waals surface area contributed by atoms with Gasteiger partial charge in [0, 0.05) is 18.7 Å². The van der Waals surface area contributed by atoms with E-state index in [-0.39, 0.29) is 24.3 Å². The van der Waals surface area contributed by atoms with Crippen LogP contribution in [0.15, 0.2) is 41.3 Å². The number of nitrogens with one attached hydrogen (secondary N) is 1. The number of benzene rings is 2. The Bertz CT molecular complexity index is 926. The molecule has 0 saturated carbocycles. The lowest BCUT2D eigenvalue weighted by Crippen LogP contribution is -2.31. The predicted molar refractivity (Wildman–Crippen MR) is 95.6 cm³/mol. The van der Waals surface area contributed by atoms with Crippen LogP contribution in [0.5, 0.6) is 0 Å². The van der Waals surface area contributed by atoms with E-state index < -0.39 is 32.5 Å². The van der Waals surface area contributed by atoms with Gasteiger partial charge in [0.25, 0.3) is 5.91 Å². The lowest BCUT2D eigenvalue weighted by atomic mass is 10.2. The fourth-order valence-corrected chi connectivity index (χ4v) is 4.02. The Kier molecular flexibility index (Phi) is 6.09. The summed E-state index contributed by atoms with van der Waals surface area (Å²) in [4.78, 5) is 11.8. The van der Waals surface area contributed by atoms with E-state index in [0.29, 0.717) is 0 Å². The lowest BCUT2D eigenvalue weighted by molar-refractivity contribution is 0.102. The van der Waals surface area contributed by atoms with Crippen LogP contribution in [0.4, 0.5) is 14.5 Å². The largest absolute Gasteiger partial charge is 0.319 e. The maximum Gasteiger partial charge on any atom is 0.255 e. The number of hydrogen-bond acceptors (Lipinski definition) is 3. The Labute approximate surface area is 151 Å². The van der Waals surface area contributed by atoms with Crippen molar-refractivity contribution < 1.29 is 22.0 Å². The smallest absolute Gasteiger partial charge is 0.255 e. The first-order valence-electron chi connectivity index (χ1n) is 8.07. The minimum Gasteiger partial charge on any atom is -0.319 e. The van der Waals surface area contributed by atoms with Crippen LogP contribution in [-0.2, 0) is 10.0 Å². The molecule has 0 bridgehead atoms. The van der Waals surface area contributed by atoms with Gasteiger partial charge >= 0.3 is 0 Å². The second-order valence-electron chi connectivity index (χ2n) is 5.67. The summed E-state index contributed by atoms with van der Waals surface area (Å²) in [6.45, 7) is 5.35. The summed E-state index contributed by atoms with van der Waals surface area (Å²) in [5, 5.41) is 2.38. The van der Waals surface area contributed by atoms with E-state index in [1.807, 2.05) is 0 Å². The van der Waals surface area contributed by atoms with Gasteiger partial charge < -0.3 is 5.32 Å². The van der Waals surface area contributed by atoms with Crippen molar-refractivity contribution in [1.82, 2.24) is 4.31 Å². The van der Waals surface area contributed by atoms with Crippen molar-refractivity contribution in [2.24, 2.45) is 0 Å². The summed E-state index contributed by atoms with van der Waals surface area (Å²) >= 11 is 0. The Morgan fingerprint density at radius 3 is 2.27 bits per heavy atom. The number of sulfonamides is 1. The highest BCUT2D eigenvalue weighted by atomic mass is 32.2. The topological polar surface area (TPSA) is 66.5 Å². The number of aryl methyl sites for hydroxylation is 1. The van der Waals surface area contributed by atoms with Crippen LogP contribution in [0.1, 0.15) is 29.8 Å².